The van der Waals surface area contributed by atoms with Gasteiger partial charge >= 0.3 is 0 Å². The molecule has 4 heteroatoms. The molecule has 18 heavy (non-hydrogen) atoms. The highest BCUT2D eigenvalue weighted by molar-refractivity contribution is 5.75. The molecule has 0 saturated carbocycles. The van der Waals surface area contributed by atoms with E-state index in [2.05, 4.69) is 6.58 Å². The van der Waals surface area contributed by atoms with Crippen LogP contribution >= 0.6 is 0 Å². The first-order chi connectivity index (χ1) is 8.54. The van der Waals surface area contributed by atoms with Crippen molar-refractivity contribution in [2.24, 2.45) is 0 Å². The Morgan fingerprint density at radius 1 is 1.50 bits per heavy atom. The first-order valence-corrected chi connectivity index (χ1v) is 5.87. The van der Waals surface area contributed by atoms with Crippen LogP contribution in [0.25, 0.3) is 0 Å². The van der Waals surface area contributed by atoms with Crippen molar-refractivity contribution in [3.63, 3.8) is 0 Å². The van der Waals surface area contributed by atoms with Crippen LogP contribution in [0.2, 0.25) is 0 Å². The summed E-state index contributed by atoms with van der Waals surface area (Å²) in [4.78, 5) is 13.1. The van der Waals surface area contributed by atoms with Crippen molar-refractivity contribution in [3.8, 4) is 5.75 Å². The predicted octanol–water partition coefficient (Wildman–Crippen LogP) is 1.85. The Kier molecular flexibility index (Phi) is 5.24. The van der Waals surface area contributed by atoms with Crippen LogP contribution in [0.1, 0.15) is 12.0 Å². The molecule has 4 nitrogen and oxygen atoms in total. The van der Waals surface area contributed by atoms with E-state index in [0.29, 0.717) is 30.9 Å². The van der Waals surface area contributed by atoms with E-state index in [9.17, 15) is 4.79 Å². The number of carbonyl (C=O) groups is 1. The summed E-state index contributed by atoms with van der Waals surface area (Å²) in [5, 5.41) is 0. The predicted molar refractivity (Wildman–Crippen MR) is 73.6 cm³/mol. The van der Waals surface area contributed by atoms with Crippen LogP contribution in [-0.2, 0) is 11.2 Å². The average Bonchev–Trinajstić information content (AvgIpc) is 2.34. The van der Waals surface area contributed by atoms with Crippen molar-refractivity contribution in [1.82, 2.24) is 4.90 Å². The van der Waals surface area contributed by atoms with E-state index in [1.54, 1.807) is 25.1 Å². The van der Waals surface area contributed by atoms with E-state index < -0.39 is 0 Å². The van der Waals surface area contributed by atoms with Gasteiger partial charge in [0, 0.05) is 20.5 Å². The molecule has 1 aromatic rings. The zero-order valence-corrected chi connectivity index (χ0v) is 11.0. The topological polar surface area (TPSA) is 55.6 Å². The Morgan fingerprint density at radius 2 is 2.22 bits per heavy atom. The van der Waals surface area contributed by atoms with Gasteiger partial charge in [0.15, 0.2) is 0 Å². The number of nitrogens with zero attached hydrogens (tertiary/aromatic N) is 1. The van der Waals surface area contributed by atoms with Gasteiger partial charge in [-0.2, -0.15) is 0 Å². The smallest absolute Gasteiger partial charge is 0.222 e. The molecule has 0 bridgehead atoms. The van der Waals surface area contributed by atoms with Gasteiger partial charge in [0.2, 0.25) is 5.91 Å². The number of anilines is 1. The van der Waals surface area contributed by atoms with Crippen LogP contribution in [0.5, 0.6) is 5.75 Å². The first-order valence-electron chi connectivity index (χ1n) is 5.87. The molecule has 0 aliphatic heterocycles. The van der Waals surface area contributed by atoms with Crippen LogP contribution < -0.4 is 10.5 Å². The van der Waals surface area contributed by atoms with E-state index in [0.717, 1.165) is 5.56 Å². The third kappa shape index (κ3) is 4.13. The highest BCUT2D eigenvalue weighted by atomic mass is 16.5. The quantitative estimate of drug-likeness (QED) is 0.617. The van der Waals surface area contributed by atoms with Crippen molar-refractivity contribution in [1.29, 1.82) is 0 Å². The Morgan fingerprint density at radius 3 is 2.78 bits per heavy atom. The molecule has 2 N–H and O–H groups in total. The van der Waals surface area contributed by atoms with Gasteiger partial charge in [0.05, 0.1) is 5.69 Å². The standard InChI is InChI=1S/C14H20N2O2/c1-4-9-18-13-7-5-11(10-12(13)15)6-8-14(17)16(2)3/h4-5,7,10H,1,6,8-9,15H2,2-3H3. The summed E-state index contributed by atoms with van der Waals surface area (Å²) in [6, 6.07) is 5.60. The van der Waals surface area contributed by atoms with E-state index in [-0.39, 0.29) is 5.91 Å². The summed E-state index contributed by atoms with van der Waals surface area (Å²) in [6.45, 7) is 4.01. The van der Waals surface area contributed by atoms with E-state index in [4.69, 9.17) is 10.5 Å². The minimum Gasteiger partial charge on any atom is -0.487 e. The normalized spacial score (nSPS) is 9.89. The molecule has 98 valence electrons. The molecule has 0 aliphatic rings. The Bertz CT molecular complexity index is 428. The maximum absolute atomic E-state index is 11.5. The molecular formula is C14H20N2O2. The number of ether oxygens (including phenoxy) is 1. The summed E-state index contributed by atoms with van der Waals surface area (Å²) in [5.41, 5.74) is 7.50. The van der Waals surface area contributed by atoms with Crippen molar-refractivity contribution in [2.75, 3.05) is 26.4 Å². The lowest BCUT2D eigenvalue weighted by molar-refractivity contribution is -0.128. The second-order valence-electron chi connectivity index (χ2n) is 4.26. The summed E-state index contributed by atoms with van der Waals surface area (Å²) < 4.78 is 5.39. The van der Waals surface area contributed by atoms with E-state index >= 15 is 0 Å². The maximum atomic E-state index is 11.5. The molecule has 0 aromatic heterocycles. The Hall–Kier alpha value is -1.97. The second-order valence-corrected chi connectivity index (χ2v) is 4.26. The molecule has 0 radical (unpaired) electrons. The molecule has 0 unspecified atom stereocenters. The molecule has 1 aromatic carbocycles. The fraction of sp³-hybridized carbons (Fsp3) is 0.357. The molecule has 0 saturated heterocycles. The van der Waals surface area contributed by atoms with Gasteiger partial charge in [-0.3, -0.25) is 4.79 Å². The lowest BCUT2D eigenvalue weighted by Gasteiger charge is -2.11. The van der Waals surface area contributed by atoms with Gasteiger partial charge in [-0.25, -0.2) is 0 Å². The summed E-state index contributed by atoms with van der Waals surface area (Å²) in [6.07, 6.45) is 2.84. The van der Waals surface area contributed by atoms with E-state index in [1.165, 1.54) is 0 Å². The zero-order valence-electron chi connectivity index (χ0n) is 11.0. The SMILES string of the molecule is C=CCOc1ccc(CCC(=O)N(C)C)cc1N. The second kappa shape index (κ2) is 6.69. The van der Waals surface area contributed by atoms with Crippen molar-refractivity contribution < 1.29 is 9.53 Å². The van der Waals surface area contributed by atoms with Crippen LogP contribution in [0.3, 0.4) is 0 Å². The summed E-state index contributed by atoms with van der Waals surface area (Å²) >= 11 is 0. The molecule has 0 atom stereocenters. The third-order valence-corrected chi connectivity index (χ3v) is 2.56. The van der Waals surface area contributed by atoms with Crippen LogP contribution in [0, 0.1) is 0 Å². The van der Waals surface area contributed by atoms with Crippen LogP contribution in [-0.4, -0.2) is 31.5 Å². The molecule has 0 fully saturated rings. The number of nitrogen functional groups attached to an aromatic ring is 1. The summed E-state index contributed by atoms with van der Waals surface area (Å²) in [7, 11) is 3.51. The Labute approximate surface area is 108 Å². The van der Waals surface area contributed by atoms with Gasteiger partial charge in [0.1, 0.15) is 12.4 Å². The number of nitrogens with two attached hydrogens (primary N) is 1. The number of aryl methyl sites for hydroxylation is 1. The number of benzene rings is 1. The maximum Gasteiger partial charge on any atom is 0.222 e. The number of amides is 1. The van der Waals surface area contributed by atoms with Crippen molar-refractivity contribution in [2.45, 2.75) is 12.8 Å². The zero-order chi connectivity index (χ0) is 13.5. The van der Waals surface area contributed by atoms with E-state index in [1.807, 2.05) is 18.2 Å². The molecule has 1 rings (SSSR count). The molecular weight excluding hydrogens is 228 g/mol. The fourth-order valence-electron chi connectivity index (χ4n) is 1.51. The molecule has 0 heterocycles. The third-order valence-electron chi connectivity index (χ3n) is 2.56. The minimum atomic E-state index is 0.112. The average molecular weight is 248 g/mol. The van der Waals surface area contributed by atoms with Crippen molar-refractivity contribution in [3.05, 3.63) is 36.4 Å². The number of hydrogen-bond acceptors (Lipinski definition) is 3. The molecule has 0 spiro atoms. The van der Waals surface area contributed by atoms with Gasteiger partial charge < -0.3 is 15.4 Å². The number of rotatable bonds is 6. The van der Waals surface area contributed by atoms with Gasteiger partial charge in [-0.15, -0.1) is 0 Å². The lowest BCUT2D eigenvalue weighted by Crippen LogP contribution is -2.21. The van der Waals surface area contributed by atoms with Gasteiger partial charge in [0.25, 0.3) is 0 Å². The molecule has 0 aliphatic carbocycles. The van der Waals surface area contributed by atoms with Crippen molar-refractivity contribution >= 4 is 11.6 Å². The van der Waals surface area contributed by atoms with Crippen LogP contribution in [0.4, 0.5) is 5.69 Å². The minimum absolute atomic E-state index is 0.112. The van der Waals surface area contributed by atoms with Crippen LogP contribution in [0.15, 0.2) is 30.9 Å². The lowest BCUT2D eigenvalue weighted by atomic mass is 10.1. The highest BCUT2D eigenvalue weighted by Gasteiger charge is 2.06. The highest BCUT2D eigenvalue weighted by Crippen LogP contribution is 2.23. The summed E-state index contributed by atoms with van der Waals surface area (Å²) in [5.74, 6) is 0.762. The largest absolute Gasteiger partial charge is 0.487 e. The Balaban J connectivity index is 2.61. The van der Waals surface area contributed by atoms with Gasteiger partial charge in [-0.1, -0.05) is 18.7 Å². The monoisotopic (exact) mass is 248 g/mol. The molecule has 1 amide bonds. The number of hydrogen-bond donors (Lipinski definition) is 1. The first kappa shape index (κ1) is 14.1. The van der Waals surface area contributed by atoms with Gasteiger partial charge in [-0.05, 0) is 24.1 Å². The fourth-order valence-corrected chi connectivity index (χ4v) is 1.51. The number of carbonyl (C=O) groups excluding carboxylic acids is 1.